The van der Waals surface area contributed by atoms with Crippen LogP contribution in [-0.2, 0) is 17.7 Å². The van der Waals surface area contributed by atoms with Crippen LogP contribution in [0, 0.1) is 12.8 Å². The third-order valence-electron chi connectivity index (χ3n) is 7.28. The molecule has 0 radical (unpaired) electrons. The van der Waals surface area contributed by atoms with E-state index in [1.807, 2.05) is 13.0 Å². The molecule has 2 N–H and O–H groups in total. The quantitative estimate of drug-likeness (QED) is 0.660. The Kier molecular flexibility index (Phi) is 7.31. The second-order valence-electron chi connectivity index (χ2n) is 9.48. The Morgan fingerprint density at radius 3 is 2.58 bits per heavy atom. The first-order valence-corrected chi connectivity index (χ1v) is 12.0. The first-order valence-electron chi connectivity index (χ1n) is 12.0. The number of benzene rings is 2. The average molecular weight is 423 g/mol. The zero-order chi connectivity index (χ0) is 21.8. The van der Waals surface area contributed by atoms with Crippen molar-refractivity contribution >= 4 is 0 Å². The highest BCUT2D eigenvalue weighted by Crippen LogP contribution is 2.40. The van der Waals surface area contributed by atoms with E-state index in [2.05, 4.69) is 60.5 Å². The van der Waals surface area contributed by atoms with E-state index in [1.54, 1.807) is 0 Å². The van der Waals surface area contributed by atoms with E-state index < -0.39 is 0 Å². The monoisotopic (exact) mass is 422 g/mol. The van der Waals surface area contributed by atoms with Crippen LogP contribution in [0.3, 0.4) is 0 Å². The van der Waals surface area contributed by atoms with E-state index in [4.69, 9.17) is 4.74 Å². The highest BCUT2D eigenvalue weighted by atomic mass is 16.5. The number of aryl methyl sites for hydroxylation is 1. The zero-order valence-corrected chi connectivity index (χ0v) is 19.3. The van der Waals surface area contributed by atoms with Crippen LogP contribution in [0.25, 0.3) is 0 Å². The van der Waals surface area contributed by atoms with Crippen molar-refractivity contribution in [3.05, 3.63) is 64.7 Å². The van der Waals surface area contributed by atoms with Crippen LogP contribution in [0.2, 0.25) is 0 Å². The number of aromatic hydroxyl groups is 1. The largest absolute Gasteiger partial charge is 0.507 e. The Hall–Kier alpha value is -1.88. The van der Waals surface area contributed by atoms with Gasteiger partial charge in [0.25, 0.3) is 0 Å². The number of fused-ring (bicyclic) bond motifs is 1. The topological polar surface area (TPSA) is 44.7 Å². The molecule has 0 spiro atoms. The van der Waals surface area contributed by atoms with Gasteiger partial charge in [0.15, 0.2) is 0 Å². The lowest BCUT2D eigenvalue weighted by Gasteiger charge is -2.41. The number of nitrogens with one attached hydrogen (secondary N) is 1. The fraction of sp³-hybridized carbons (Fsp3) is 0.556. The number of rotatable bonds is 7. The zero-order valence-electron chi connectivity index (χ0n) is 19.3. The Morgan fingerprint density at radius 2 is 1.87 bits per heavy atom. The first kappa shape index (κ1) is 22.3. The van der Waals surface area contributed by atoms with Gasteiger partial charge >= 0.3 is 0 Å². The molecule has 168 valence electrons. The standard InChI is InChI=1S/C27H38N2O2/c1-4-20(3)28-17-26-23-11-10-19(2)27(30)24(23)16-25(31-26)22-12-14-29(15-13-22)18-21-8-6-5-7-9-21/h5-11,20,22,25-26,28,30H,4,12-18H2,1-3H3/t20?,25-,26-/m0/s1. The number of phenolic OH excluding ortho intramolecular Hbond substituents is 1. The van der Waals surface area contributed by atoms with Crippen LogP contribution in [0.4, 0.5) is 0 Å². The lowest BCUT2D eigenvalue weighted by atomic mass is 9.83. The average Bonchev–Trinajstić information content (AvgIpc) is 2.81. The highest BCUT2D eigenvalue weighted by Gasteiger charge is 2.35. The van der Waals surface area contributed by atoms with E-state index in [0.717, 1.165) is 68.6 Å². The number of likely N-dealkylation sites (tertiary alicyclic amines) is 1. The number of ether oxygens (including phenoxy) is 1. The minimum absolute atomic E-state index is 0.0107. The Bertz CT molecular complexity index is 846. The third-order valence-corrected chi connectivity index (χ3v) is 7.28. The molecule has 2 aliphatic rings. The molecular weight excluding hydrogens is 384 g/mol. The maximum Gasteiger partial charge on any atom is 0.122 e. The Labute approximate surface area is 187 Å². The summed E-state index contributed by atoms with van der Waals surface area (Å²) in [5.41, 5.74) is 4.63. The van der Waals surface area contributed by atoms with Gasteiger partial charge in [-0.2, -0.15) is 0 Å². The van der Waals surface area contributed by atoms with E-state index in [9.17, 15) is 5.11 Å². The summed E-state index contributed by atoms with van der Waals surface area (Å²) in [5.74, 6) is 1.02. The summed E-state index contributed by atoms with van der Waals surface area (Å²) in [7, 11) is 0. The minimum Gasteiger partial charge on any atom is -0.507 e. The molecule has 1 unspecified atom stereocenters. The van der Waals surface area contributed by atoms with Gasteiger partial charge in [-0.15, -0.1) is 0 Å². The van der Waals surface area contributed by atoms with E-state index in [-0.39, 0.29) is 12.2 Å². The van der Waals surface area contributed by atoms with Crippen molar-refractivity contribution in [3.8, 4) is 5.75 Å². The smallest absolute Gasteiger partial charge is 0.122 e. The molecule has 1 fully saturated rings. The van der Waals surface area contributed by atoms with Gasteiger partial charge in [0.05, 0.1) is 12.2 Å². The highest BCUT2D eigenvalue weighted by molar-refractivity contribution is 5.47. The molecule has 4 heteroatoms. The van der Waals surface area contributed by atoms with Crippen molar-refractivity contribution in [3.63, 3.8) is 0 Å². The molecule has 0 aromatic heterocycles. The van der Waals surface area contributed by atoms with Gasteiger partial charge < -0.3 is 15.2 Å². The van der Waals surface area contributed by atoms with Crippen LogP contribution in [0.1, 0.15) is 61.5 Å². The molecule has 0 saturated carbocycles. The maximum atomic E-state index is 10.8. The summed E-state index contributed by atoms with van der Waals surface area (Å²) >= 11 is 0. The summed E-state index contributed by atoms with van der Waals surface area (Å²) in [6.07, 6.45) is 4.43. The second-order valence-corrected chi connectivity index (χ2v) is 9.48. The van der Waals surface area contributed by atoms with Gasteiger partial charge in [-0.25, -0.2) is 0 Å². The van der Waals surface area contributed by atoms with Crippen molar-refractivity contribution in [2.75, 3.05) is 19.6 Å². The minimum atomic E-state index is 0.0107. The molecule has 2 aromatic carbocycles. The van der Waals surface area contributed by atoms with E-state index >= 15 is 0 Å². The van der Waals surface area contributed by atoms with Gasteiger partial charge in [-0.3, -0.25) is 4.90 Å². The molecule has 3 atom stereocenters. The van der Waals surface area contributed by atoms with E-state index in [0.29, 0.717) is 17.7 Å². The van der Waals surface area contributed by atoms with Gasteiger partial charge in [-0.05, 0) is 68.8 Å². The molecular formula is C27H38N2O2. The summed E-state index contributed by atoms with van der Waals surface area (Å²) in [5, 5.41) is 14.4. The molecule has 2 heterocycles. The fourth-order valence-electron chi connectivity index (χ4n) is 5.03. The van der Waals surface area contributed by atoms with Gasteiger partial charge in [0, 0.05) is 31.1 Å². The number of phenols is 1. The summed E-state index contributed by atoms with van der Waals surface area (Å²) < 4.78 is 6.70. The fourth-order valence-corrected chi connectivity index (χ4v) is 5.03. The van der Waals surface area contributed by atoms with Crippen molar-refractivity contribution in [1.82, 2.24) is 10.2 Å². The van der Waals surface area contributed by atoms with Gasteiger partial charge in [0.1, 0.15) is 5.75 Å². The summed E-state index contributed by atoms with van der Waals surface area (Å²) in [6.45, 7) is 10.5. The molecule has 0 bridgehead atoms. The van der Waals surface area contributed by atoms with Crippen molar-refractivity contribution < 1.29 is 9.84 Å². The molecule has 0 aliphatic carbocycles. The van der Waals surface area contributed by atoms with Crippen molar-refractivity contribution in [2.45, 2.75) is 71.2 Å². The molecule has 2 aromatic rings. The van der Waals surface area contributed by atoms with Crippen LogP contribution in [0.15, 0.2) is 42.5 Å². The van der Waals surface area contributed by atoms with Crippen molar-refractivity contribution in [2.24, 2.45) is 5.92 Å². The van der Waals surface area contributed by atoms with Crippen LogP contribution in [0.5, 0.6) is 5.75 Å². The Balaban J connectivity index is 1.43. The van der Waals surface area contributed by atoms with Gasteiger partial charge in [0.2, 0.25) is 0 Å². The number of piperidine rings is 1. The molecule has 2 aliphatic heterocycles. The third kappa shape index (κ3) is 5.31. The second kappa shape index (κ2) is 10.2. The lowest BCUT2D eigenvalue weighted by Crippen LogP contribution is -2.43. The summed E-state index contributed by atoms with van der Waals surface area (Å²) in [4.78, 5) is 2.56. The predicted molar refractivity (Wildman–Crippen MR) is 126 cm³/mol. The SMILES string of the molecule is CCC(C)NC[C@@H]1O[C@H](C2CCN(Cc3ccccc3)CC2)Cc2c1ccc(C)c2O. The number of nitrogens with zero attached hydrogens (tertiary/aromatic N) is 1. The maximum absolute atomic E-state index is 10.8. The van der Waals surface area contributed by atoms with E-state index in [1.165, 1.54) is 5.56 Å². The molecule has 4 rings (SSSR count). The predicted octanol–water partition coefficient (Wildman–Crippen LogP) is 4.98. The first-order chi connectivity index (χ1) is 15.0. The lowest BCUT2D eigenvalue weighted by molar-refractivity contribution is -0.0686. The number of hydrogen-bond donors (Lipinski definition) is 2. The molecule has 1 saturated heterocycles. The van der Waals surface area contributed by atoms with Crippen LogP contribution in [-0.4, -0.2) is 41.8 Å². The van der Waals surface area contributed by atoms with Crippen LogP contribution >= 0.6 is 0 Å². The Morgan fingerprint density at radius 1 is 1.13 bits per heavy atom. The van der Waals surface area contributed by atoms with Crippen LogP contribution < -0.4 is 5.32 Å². The number of hydrogen-bond acceptors (Lipinski definition) is 4. The normalized spacial score (nSPS) is 23.5. The molecule has 31 heavy (non-hydrogen) atoms. The molecule has 4 nitrogen and oxygen atoms in total. The van der Waals surface area contributed by atoms with Gasteiger partial charge in [-0.1, -0.05) is 49.4 Å². The molecule has 0 amide bonds. The van der Waals surface area contributed by atoms with Crippen molar-refractivity contribution in [1.29, 1.82) is 0 Å². The summed E-state index contributed by atoms with van der Waals surface area (Å²) in [6, 6.07) is 15.4.